The minimum Gasteiger partial charge on any atom is -0.354 e. The highest BCUT2D eigenvalue weighted by Gasteiger charge is 2.29. The third-order valence-corrected chi connectivity index (χ3v) is 3.25. The molecule has 1 aromatic rings. The van der Waals surface area contributed by atoms with Gasteiger partial charge in [0, 0.05) is 19.2 Å². The molecule has 0 amide bonds. The predicted octanol–water partition coefficient (Wildman–Crippen LogP) is 2.27. The molecule has 2 heterocycles. The molecule has 0 unspecified atom stereocenters. The molecular formula is C12H18F2N4. The van der Waals surface area contributed by atoms with Crippen LogP contribution < -0.4 is 16.2 Å². The van der Waals surface area contributed by atoms with Crippen LogP contribution in [0.15, 0.2) is 6.07 Å². The molecule has 1 saturated heterocycles. The number of pyridine rings is 1. The minimum absolute atomic E-state index is 0.108. The van der Waals surface area contributed by atoms with E-state index in [0.29, 0.717) is 6.54 Å². The van der Waals surface area contributed by atoms with Crippen LogP contribution in [0.5, 0.6) is 0 Å². The van der Waals surface area contributed by atoms with E-state index in [4.69, 9.17) is 5.84 Å². The Morgan fingerprint density at radius 2 is 2.11 bits per heavy atom. The van der Waals surface area contributed by atoms with E-state index in [-0.39, 0.29) is 17.1 Å². The van der Waals surface area contributed by atoms with Crippen molar-refractivity contribution in [2.45, 2.75) is 26.7 Å². The highest BCUT2D eigenvalue weighted by Crippen LogP contribution is 2.32. The van der Waals surface area contributed by atoms with Gasteiger partial charge in [0.25, 0.3) is 0 Å². The first-order chi connectivity index (χ1) is 8.43. The van der Waals surface area contributed by atoms with Crippen LogP contribution in [-0.2, 0) is 0 Å². The Labute approximate surface area is 105 Å². The van der Waals surface area contributed by atoms with E-state index in [1.807, 2.05) is 4.90 Å². The molecule has 0 atom stereocenters. The average Bonchev–Trinajstić information content (AvgIpc) is 2.27. The third-order valence-electron chi connectivity index (χ3n) is 3.25. The molecule has 0 aliphatic carbocycles. The Morgan fingerprint density at radius 3 is 2.72 bits per heavy atom. The van der Waals surface area contributed by atoms with Crippen LogP contribution in [0.1, 0.15) is 26.7 Å². The van der Waals surface area contributed by atoms with E-state index in [1.54, 1.807) is 0 Å². The monoisotopic (exact) mass is 256 g/mol. The first-order valence-electron chi connectivity index (χ1n) is 6.00. The topological polar surface area (TPSA) is 54.2 Å². The Hall–Kier alpha value is -1.43. The molecule has 100 valence electrons. The van der Waals surface area contributed by atoms with E-state index in [9.17, 15) is 8.78 Å². The summed E-state index contributed by atoms with van der Waals surface area (Å²) < 4.78 is 27.1. The van der Waals surface area contributed by atoms with Crippen molar-refractivity contribution in [2.24, 2.45) is 11.3 Å². The molecule has 2 rings (SSSR count). The van der Waals surface area contributed by atoms with Gasteiger partial charge in [-0.15, -0.1) is 0 Å². The lowest BCUT2D eigenvalue weighted by Gasteiger charge is -2.38. The molecule has 4 nitrogen and oxygen atoms in total. The molecule has 0 spiro atoms. The van der Waals surface area contributed by atoms with E-state index >= 15 is 0 Å². The van der Waals surface area contributed by atoms with Gasteiger partial charge in [-0.25, -0.2) is 19.6 Å². The SMILES string of the molecule is CC1(C)CCCN(c2nc(NN)c(F)cc2F)C1. The predicted molar refractivity (Wildman–Crippen MR) is 67.2 cm³/mol. The van der Waals surface area contributed by atoms with Crippen molar-refractivity contribution in [1.82, 2.24) is 4.98 Å². The highest BCUT2D eigenvalue weighted by atomic mass is 19.1. The van der Waals surface area contributed by atoms with Crippen molar-refractivity contribution in [3.05, 3.63) is 17.7 Å². The van der Waals surface area contributed by atoms with Crippen LogP contribution in [0.4, 0.5) is 20.4 Å². The van der Waals surface area contributed by atoms with Gasteiger partial charge in [-0.3, -0.25) is 0 Å². The van der Waals surface area contributed by atoms with Gasteiger partial charge in [-0.05, 0) is 18.3 Å². The maximum Gasteiger partial charge on any atom is 0.178 e. The van der Waals surface area contributed by atoms with Gasteiger partial charge in [-0.1, -0.05) is 13.8 Å². The number of nitrogens with one attached hydrogen (secondary N) is 1. The summed E-state index contributed by atoms with van der Waals surface area (Å²) in [6.45, 7) is 5.68. The lowest BCUT2D eigenvalue weighted by atomic mass is 9.84. The van der Waals surface area contributed by atoms with Crippen molar-refractivity contribution < 1.29 is 8.78 Å². The maximum atomic E-state index is 13.8. The molecular weight excluding hydrogens is 238 g/mol. The van der Waals surface area contributed by atoms with Crippen LogP contribution in [0, 0.1) is 17.0 Å². The molecule has 0 bridgehead atoms. The molecule has 0 saturated carbocycles. The molecule has 18 heavy (non-hydrogen) atoms. The van der Waals surface area contributed by atoms with Crippen LogP contribution in [-0.4, -0.2) is 18.1 Å². The Balaban J connectivity index is 2.32. The molecule has 0 aromatic carbocycles. The largest absolute Gasteiger partial charge is 0.354 e. The Bertz CT molecular complexity index is 448. The van der Waals surface area contributed by atoms with Gasteiger partial charge in [-0.2, -0.15) is 0 Å². The molecule has 6 heteroatoms. The lowest BCUT2D eigenvalue weighted by Crippen LogP contribution is -2.41. The molecule has 3 N–H and O–H groups in total. The lowest BCUT2D eigenvalue weighted by molar-refractivity contribution is 0.290. The van der Waals surface area contributed by atoms with E-state index in [2.05, 4.69) is 24.3 Å². The van der Waals surface area contributed by atoms with Gasteiger partial charge < -0.3 is 10.3 Å². The van der Waals surface area contributed by atoms with Gasteiger partial charge in [0.1, 0.15) is 0 Å². The smallest absolute Gasteiger partial charge is 0.178 e. The average molecular weight is 256 g/mol. The summed E-state index contributed by atoms with van der Waals surface area (Å²) in [7, 11) is 0. The van der Waals surface area contributed by atoms with Crippen LogP contribution in [0.2, 0.25) is 0 Å². The first-order valence-corrected chi connectivity index (χ1v) is 6.00. The summed E-state index contributed by atoms with van der Waals surface area (Å²) in [4.78, 5) is 5.77. The van der Waals surface area contributed by atoms with E-state index < -0.39 is 11.6 Å². The summed E-state index contributed by atoms with van der Waals surface area (Å²) in [5, 5.41) is 0. The number of hydrazine groups is 1. The van der Waals surface area contributed by atoms with Crippen LogP contribution in [0.25, 0.3) is 0 Å². The van der Waals surface area contributed by atoms with Crippen molar-refractivity contribution >= 4 is 11.6 Å². The molecule has 1 aliphatic heterocycles. The highest BCUT2D eigenvalue weighted by molar-refractivity contribution is 5.49. The number of hydrogen-bond donors (Lipinski definition) is 2. The summed E-state index contributed by atoms with van der Waals surface area (Å²) in [5.41, 5.74) is 2.25. The van der Waals surface area contributed by atoms with Gasteiger partial charge in [0.05, 0.1) is 0 Å². The summed E-state index contributed by atoms with van der Waals surface area (Å²) in [6, 6.07) is 0.819. The van der Waals surface area contributed by atoms with Crippen LogP contribution in [0.3, 0.4) is 0 Å². The number of hydrogen-bond acceptors (Lipinski definition) is 4. The zero-order valence-electron chi connectivity index (χ0n) is 10.6. The van der Waals surface area contributed by atoms with Gasteiger partial charge in [0.15, 0.2) is 23.3 Å². The Morgan fingerprint density at radius 1 is 1.39 bits per heavy atom. The van der Waals surface area contributed by atoms with Gasteiger partial charge in [0.2, 0.25) is 0 Å². The molecule has 1 fully saturated rings. The first kappa shape index (κ1) is 13.0. The number of nitrogens with zero attached hydrogens (tertiary/aromatic N) is 2. The van der Waals surface area contributed by atoms with Crippen molar-refractivity contribution in [1.29, 1.82) is 0 Å². The Kier molecular flexibility index (Phi) is 3.38. The van der Waals surface area contributed by atoms with E-state index in [0.717, 1.165) is 25.5 Å². The number of aromatic nitrogens is 1. The van der Waals surface area contributed by atoms with Crippen LogP contribution >= 0.6 is 0 Å². The number of anilines is 2. The van der Waals surface area contributed by atoms with Crippen molar-refractivity contribution in [3.63, 3.8) is 0 Å². The van der Waals surface area contributed by atoms with Crippen molar-refractivity contribution in [2.75, 3.05) is 23.4 Å². The maximum absolute atomic E-state index is 13.8. The molecule has 0 radical (unpaired) electrons. The minimum atomic E-state index is -0.782. The van der Waals surface area contributed by atoms with Crippen molar-refractivity contribution in [3.8, 4) is 0 Å². The fourth-order valence-corrected chi connectivity index (χ4v) is 2.38. The quantitative estimate of drug-likeness (QED) is 0.629. The summed E-state index contributed by atoms with van der Waals surface area (Å²) >= 11 is 0. The zero-order chi connectivity index (χ0) is 13.3. The van der Waals surface area contributed by atoms with E-state index in [1.165, 1.54) is 0 Å². The second-order valence-electron chi connectivity index (χ2n) is 5.46. The summed E-state index contributed by atoms with van der Waals surface area (Å²) in [5.74, 6) is 3.76. The standard InChI is InChI=1S/C12H18F2N4/c1-12(2)4-3-5-18(7-12)11-9(14)6-8(13)10(16-11)17-15/h6H,3-5,7,15H2,1-2H3,(H,16,17). The fraction of sp³-hybridized carbons (Fsp3) is 0.583. The summed E-state index contributed by atoms with van der Waals surface area (Å²) in [6.07, 6.45) is 2.06. The second kappa shape index (κ2) is 4.68. The normalized spacial score (nSPS) is 18.8. The van der Waals surface area contributed by atoms with Gasteiger partial charge >= 0.3 is 0 Å². The number of nitrogen functional groups attached to an aromatic ring is 1. The molecule has 1 aliphatic rings. The fourth-order valence-electron chi connectivity index (χ4n) is 2.38. The number of rotatable bonds is 2. The third kappa shape index (κ3) is 2.53. The number of nitrogens with two attached hydrogens (primary N) is 1. The number of halogens is 2. The second-order valence-corrected chi connectivity index (χ2v) is 5.46. The zero-order valence-corrected chi connectivity index (χ0v) is 10.6. The molecule has 1 aromatic heterocycles. The number of piperidine rings is 1.